The highest BCUT2D eigenvalue weighted by Crippen LogP contribution is 2.20. The molecule has 1 aliphatic rings. The van der Waals surface area contributed by atoms with Gasteiger partial charge in [-0.05, 0) is 6.42 Å². The van der Waals surface area contributed by atoms with Gasteiger partial charge in [0.1, 0.15) is 0 Å². The Morgan fingerprint density at radius 2 is 1.83 bits per heavy atom. The summed E-state index contributed by atoms with van der Waals surface area (Å²) in [7, 11) is 2.03. The zero-order valence-electron chi connectivity index (χ0n) is 10.8. The molecular weight excluding hydrogens is 256 g/mol. The van der Waals surface area contributed by atoms with E-state index in [1.807, 2.05) is 12.2 Å². The van der Waals surface area contributed by atoms with Gasteiger partial charge in [0.15, 0.2) is 0 Å². The maximum Gasteiger partial charge on any atom is 0.504 e. The smallest absolute Gasteiger partial charge is 0.393 e. The minimum atomic E-state index is -2.59. The highest BCUT2D eigenvalue weighted by Gasteiger charge is 2.36. The Hall–Kier alpha value is -1.02. The molecule has 18 heavy (non-hydrogen) atoms. The van der Waals surface area contributed by atoms with E-state index >= 15 is 0 Å². The van der Waals surface area contributed by atoms with Crippen molar-refractivity contribution in [2.45, 2.75) is 18.9 Å². The molecule has 1 rings (SSSR count). The van der Waals surface area contributed by atoms with Gasteiger partial charge >= 0.3 is 20.7 Å². The van der Waals surface area contributed by atoms with E-state index in [2.05, 4.69) is 4.74 Å². The predicted octanol–water partition coefficient (Wildman–Crippen LogP) is 0.900. The first kappa shape index (κ1) is 15.0. The van der Waals surface area contributed by atoms with Gasteiger partial charge in [0, 0.05) is 27.4 Å². The molecular formula is C11H18O6Si. The molecule has 1 saturated heterocycles. The van der Waals surface area contributed by atoms with Crippen molar-refractivity contribution in [2.24, 2.45) is 5.92 Å². The van der Waals surface area contributed by atoms with Gasteiger partial charge in [-0.1, -0.05) is 12.2 Å². The second-order valence-corrected chi connectivity index (χ2v) is 6.90. The first-order valence-corrected chi connectivity index (χ1v) is 7.55. The number of allylic oxidation sites excluding steroid dienone is 2. The van der Waals surface area contributed by atoms with Gasteiger partial charge in [0.05, 0.1) is 12.3 Å². The van der Waals surface area contributed by atoms with E-state index in [0.29, 0.717) is 12.5 Å². The topological polar surface area (TPSA) is 71.1 Å². The van der Waals surface area contributed by atoms with Crippen LogP contribution in [0.4, 0.5) is 0 Å². The highest BCUT2D eigenvalue weighted by atomic mass is 28.4. The molecule has 1 aliphatic heterocycles. The lowest BCUT2D eigenvalue weighted by molar-refractivity contribution is -0.153. The van der Waals surface area contributed by atoms with Crippen molar-refractivity contribution in [2.75, 3.05) is 21.3 Å². The molecule has 0 aliphatic carbocycles. The summed E-state index contributed by atoms with van der Waals surface area (Å²) in [5.41, 5.74) is 0. The molecule has 0 saturated carbocycles. The van der Waals surface area contributed by atoms with Gasteiger partial charge < -0.3 is 18.0 Å². The second-order valence-electron chi connectivity index (χ2n) is 3.90. The standard InChI is InChI=1S/C11H18O6Si/c1-14-18(15-2,16-3)7-5-4-6-9-8-10(12)17-11(9)13/h4-5,9H,6-8H2,1-3H3/b5-4+. The Morgan fingerprint density at radius 3 is 2.28 bits per heavy atom. The van der Waals surface area contributed by atoms with Crippen LogP contribution in [0.25, 0.3) is 0 Å². The van der Waals surface area contributed by atoms with E-state index in [-0.39, 0.29) is 12.3 Å². The molecule has 0 N–H and O–H groups in total. The van der Waals surface area contributed by atoms with E-state index in [0.717, 1.165) is 0 Å². The Labute approximate surface area is 107 Å². The molecule has 0 bridgehead atoms. The lowest BCUT2D eigenvalue weighted by Gasteiger charge is -2.22. The van der Waals surface area contributed by atoms with Crippen molar-refractivity contribution < 1.29 is 27.6 Å². The number of cyclic esters (lactones) is 2. The van der Waals surface area contributed by atoms with Gasteiger partial charge in [0.2, 0.25) is 0 Å². The van der Waals surface area contributed by atoms with Crippen LogP contribution in [0.2, 0.25) is 6.04 Å². The molecule has 6 nitrogen and oxygen atoms in total. The van der Waals surface area contributed by atoms with Crippen LogP contribution in [0.15, 0.2) is 12.2 Å². The average molecular weight is 274 g/mol. The van der Waals surface area contributed by atoms with Gasteiger partial charge in [-0.15, -0.1) is 0 Å². The van der Waals surface area contributed by atoms with Crippen molar-refractivity contribution >= 4 is 20.7 Å². The first-order valence-electron chi connectivity index (χ1n) is 5.62. The number of esters is 2. The molecule has 0 amide bonds. The lowest BCUT2D eigenvalue weighted by Crippen LogP contribution is -2.42. The molecule has 0 aromatic rings. The largest absolute Gasteiger partial charge is 0.504 e. The van der Waals surface area contributed by atoms with E-state index in [1.165, 1.54) is 0 Å². The summed E-state index contributed by atoms with van der Waals surface area (Å²) in [4.78, 5) is 22.1. The normalized spacial score (nSPS) is 20.7. The number of ether oxygens (including phenoxy) is 1. The van der Waals surface area contributed by atoms with E-state index < -0.39 is 20.7 Å². The third kappa shape index (κ3) is 3.74. The van der Waals surface area contributed by atoms with Crippen LogP contribution in [-0.2, 0) is 27.6 Å². The maximum atomic E-state index is 11.2. The Balaban J connectivity index is 2.41. The molecule has 0 radical (unpaired) electrons. The Bertz CT molecular complexity index is 328. The highest BCUT2D eigenvalue weighted by molar-refractivity contribution is 6.61. The fourth-order valence-corrected chi connectivity index (χ4v) is 3.14. The number of hydrogen-bond acceptors (Lipinski definition) is 6. The maximum absolute atomic E-state index is 11.2. The van der Waals surface area contributed by atoms with Gasteiger partial charge in [-0.3, -0.25) is 9.59 Å². The van der Waals surface area contributed by atoms with Crippen molar-refractivity contribution in [3.63, 3.8) is 0 Å². The minimum absolute atomic E-state index is 0.157. The molecule has 0 aromatic carbocycles. The van der Waals surface area contributed by atoms with Crippen LogP contribution in [0.5, 0.6) is 0 Å². The van der Waals surface area contributed by atoms with E-state index in [4.69, 9.17) is 13.3 Å². The van der Waals surface area contributed by atoms with Gasteiger partial charge in [-0.2, -0.15) is 0 Å². The van der Waals surface area contributed by atoms with Gasteiger partial charge in [0.25, 0.3) is 0 Å². The third-order valence-corrected chi connectivity index (χ3v) is 5.45. The molecule has 102 valence electrons. The summed E-state index contributed by atoms with van der Waals surface area (Å²) in [6.45, 7) is 0. The molecule has 0 spiro atoms. The van der Waals surface area contributed by atoms with Crippen molar-refractivity contribution in [1.82, 2.24) is 0 Å². The molecule has 1 unspecified atom stereocenters. The summed E-state index contributed by atoms with van der Waals surface area (Å²) in [6.07, 6.45) is 4.30. The monoisotopic (exact) mass is 274 g/mol. The zero-order valence-corrected chi connectivity index (χ0v) is 11.8. The summed E-state index contributed by atoms with van der Waals surface area (Å²) in [5, 5.41) is 0. The first-order chi connectivity index (χ1) is 8.56. The number of carbonyl (C=O) groups excluding carboxylic acids is 2. The second kappa shape index (κ2) is 6.79. The SMILES string of the molecule is CO[Si](C/C=C/CC1CC(=O)OC1=O)(OC)OC. The number of hydrogen-bond donors (Lipinski definition) is 0. The molecule has 1 fully saturated rings. The summed E-state index contributed by atoms with van der Waals surface area (Å²) in [6, 6.07) is 0.520. The van der Waals surface area contributed by atoms with Crippen LogP contribution in [0, 0.1) is 5.92 Å². The molecule has 1 heterocycles. The summed E-state index contributed by atoms with van der Waals surface area (Å²) < 4.78 is 20.2. The quantitative estimate of drug-likeness (QED) is 0.297. The number of rotatable bonds is 7. The molecule has 7 heteroatoms. The summed E-state index contributed by atoms with van der Waals surface area (Å²) in [5.74, 6) is -1.26. The summed E-state index contributed by atoms with van der Waals surface area (Å²) >= 11 is 0. The van der Waals surface area contributed by atoms with Crippen molar-refractivity contribution in [3.8, 4) is 0 Å². The van der Waals surface area contributed by atoms with Gasteiger partial charge in [-0.25, -0.2) is 0 Å². The van der Waals surface area contributed by atoms with Crippen LogP contribution >= 0.6 is 0 Å². The Morgan fingerprint density at radius 1 is 1.22 bits per heavy atom. The molecule has 1 atom stereocenters. The fourth-order valence-electron chi connectivity index (χ4n) is 1.69. The van der Waals surface area contributed by atoms with Crippen LogP contribution in [0.3, 0.4) is 0 Å². The third-order valence-electron chi connectivity index (χ3n) is 2.85. The van der Waals surface area contributed by atoms with E-state index in [9.17, 15) is 9.59 Å². The lowest BCUT2D eigenvalue weighted by atomic mass is 10.0. The van der Waals surface area contributed by atoms with Crippen molar-refractivity contribution in [1.29, 1.82) is 0 Å². The predicted molar refractivity (Wildman–Crippen MR) is 64.6 cm³/mol. The molecule has 0 aromatic heterocycles. The Kier molecular flexibility index (Phi) is 5.67. The van der Waals surface area contributed by atoms with Crippen molar-refractivity contribution in [3.05, 3.63) is 12.2 Å². The number of carbonyl (C=O) groups is 2. The zero-order chi connectivity index (χ0) is 13.6. The fraction of sp³-hybridized carbons (Fsp3) is 0.636. The van der Waals surface area contributed by atoms with Crippen LogP contribution in [-0.4, -0.2) is 42.1 Å². The average Bonchev–Trinajstić information content (AvgIpc) is 2.69. The van der Waals surface area contributed by atoms with Crippen LogP contribution < -0.4 is 0 Å². The van der Waals surface area contributed by atoms with E-state index in [1.54, 1.807) is 21.3 Å². The van der Waals surface area contributed by atoms with Crippen LogP contribution in [0.1, 0.15) is 12.8 Å². The minimum Gasteiger partial charge on any atom is -0.393 e.